The first-order valence-corrected chi connectivity index (χ1v) is 12.6. The van der Waals surface area contributed by atoms with E-state index in [1.807, 2.05) is 0 Å². The first-order chi connectivity index (χ1) is 15.7. The Hall–Kier alpha value is -2.67. The smallest absolute Gasteiger partial charge is 0.194 e. The van der Waals surface area contributed by atoms with Crippen LogP contribution in [0.4, 0.5) is 0 Å². The van der Waals surface area contributed by atoms with Crippen molar-refractivity contribution >= 4 is 21.8 Å². The predicted octanol–water partition coefficient (Wildman–Crippen LogP) is 8.49. The Kier molecular flexibility index (Phi) is 5.71. The lowest BCUT2D eigenvalue weighted by atomic mass is 9.79. The molecule has 0 atom stereocenters. The highest BCUT2D eigenvalue weighted by atomic mass is 14.9. The zero-order valence-corrected chi connectivity index (χ0v) is 23.9. The molecule has 0 aliphatic rings. The number of hydrogen-bond acceptors (Lipinski definition) is 0. The first-order valence-electron chi connectivity index (χ1n) is 12.6. The highest BCUT2D eigenvalue weighted by Gasteiger charge is 2.30. The van der Waals surface area contributed by atoms with Gasteiger partial charge in [-0.05, 0) is 157 Å². The predicted molar refractivity (Wildman–Crippen MR) is 150 cm³/mol. The van der Waals surface area contributed by atoms with Crippen molar-refractivity contribution in [1.29, 1.82) is 0 Å². The monoisotopic (exact) mass is 452 g/mol. The van der Waals surface area contributed by atoms with Crippen molar-refractivity contribution < 1.29 is 4.57 Å². The van der Waals surface area contributed by atoms with Crippen molar-refractivity contribution in [2.24, 2.45) is 7.05 Å². The van der Waals surface area contributed by atoms with Gasteiger partial charge in [-0.1, -0.05) is 0 Å². The Bertz CT molecular complexity index is 1450. The number of benzene rings is 3. The van der Waals surface area contributed by atoms with E-state index in [9.17, 15) is 0 Å². The zero-order chi connectivity index (χ0) is 25.5. The summed E-state index contributed by atoms with van der Waals surface area (Å²) < 4.78 is 2.50. The Morgan fingerprint density at radius 3 is 0.912 bits per heavy atom. The number of hydrogen-bond donors (Lipinski definition) is 0. The van der Waals surface area contributed by atoms with E-state index >= 15 is 0 Å². The SMILES string of the molecule is Cc1c(C)c(C)c(-c2c3c(C)c(C)c(C)c(C)c3[n+](C)c3c(C)c(C)c(C)c(C)c23)c(C)c1C. The minimum absolute atomic E-state index is 1.38. The first kappa shape index (κ1) is 24.5. The van der Waals surface area contributed by atoms with E-state index in [1.165, 1.54) is 105 Å². The van der Waals surface area contributed by atoms with Crippen molar-refractivity contribution in [2.45, 2.75) is 90.0 Å². The van der Waals surface area contributed by atoms with Crippen LogP contribution in [0.1, 0.15) is 72.3 Å². The topological polar surface area (TPSA) is 3.88 Å². The van der Waals surface area contributed by atoms with Crippen LogP contribution in [-0.2, 0) is 7.05 Å². The van der Waals surface area contributed by atoms with Gasteiger partial charge in [-0.2, -0.15) is 4.57 Å². The molecule has 0 bridgehead atoms. The molecule has 0 aliphatic heterocycles. The second-order valence-electron chi connectivity index (χ2n) is 10.9. The minimum Gasteiger partial charge on any atom is -0.194 e. The summed E-state index contributed by atoms with van der Waals surface area (Å²) in [6.45, 7) is 30.0. The molecule has 0 aliphatic carbocycles. The van der Waals surface area contributed by atoms with Gasteiger partial charge in [-0.25, -0.2) is 0 Å². The van der Waals surface area contributed by atoms with Gasteiger partial charge in [0.1, 0.15) is 7.05 Å². The highest BCUT2D eigenvalue weighted by Crippen LogP contribution is 2.45. The van der Waals surface area contributed by atoms with E-state index in [1.54, 1.807) is 0 Å². The fourth-order valence-corrected chi connectivity index (χ4v) is 6.40. The summed E-state index contributed by atoms with van der Waals surface area (Å²) in [6.07, 6.45) is 0. The number of nitrogens with zero attached hydrogens (tertiary/aromatic N) is 1. The van der Waals surface area contributed by atoms with Gasteiger partial charge in [0.15, 0.2) is 0 Å². The van der Waals surface area contributed by atoms with Crippen LogP contribution in [0, 0.1) is 90.0 Å². The maximum absolute atomic E-state index is 2.50. The average molecular weight is 453 g/mol. The lowest BCUT2D eigenvalue weighted by Crippen LogP contribution is -2.33. The molecule has 0 radical (unpaired) electrons. The lowest BCUT2D eigenvalue weighted by molar-refractivity contribution is -0.618. The molecule has 4 rings (SSSR count). The fraction of sp³-hybridized carbons (Fsp3) is 0.424. The summed E-state index contributed by atoms with van der Waals surface area (Å²) in [7, 11) is 2.28. The number of pyridine rings is 1. The van der Waals surface area contributed by atoms with E-state index in [0.29, 0.717) is 0 Å². The van der Waals surface area contributed by atoms with Crippen molar-refractivity contribution in [3.8, 4) is 11.1 Å². The van der Waals surface area contributed by atoms with Gasteiger partial charge in [-0.3, -0.25) is 0 Å². The molecule has 0 saturated carbocycles. The largest absolute Gasteiger partial charge is 0.216 e. The van der Waals surface area contributed by atoms with Crippen LogP contribution >= 0.6 is 0 Å². The molecule has 34 heavy (non-hydrogen) atoms. The molecule has 1 heterocycles. The van der Waals surface area contributed by atoms with Crippen molar-refractivity contribution in [1.82, 2.24) is 0 Å². The summed E-state index contributed by atoms with van der Waals surface area (Å²) in [4.78, 5) is 0. The van der Waals surface area contributed by atoms with E-state index < -0.39 is 0 Å². The van der Waals surface area contributed by atoms with Gasteiger partial charge in [0, 0.05) is 16.7 Å². The zero-order valence-electron chi connectivity index (χ0n) is 23.9. The van der Waals surface area contributed by atoms with E-state index in [0.717, 1.165) is 0 Å². The molecule has 4 aromatic rings. The van der Waals surface area contributed by atoms with Gasteiger partial charge < -0.3 is 0 Å². The minimum atomic E-state index is 1.38. The summed E-state index contributed by atoms with van der Waals surface area (Å²) in [5, 5.41) is 2.85. The van der Waals surface area contributed by atoms with Gasteiger partial charge in [-0.15, -0.1) is 0 Å². The summed E-state index contributed by atoms with van der Waals surface area (Å²) >= 11 is 0. The molecule has 1 heteroatoms. The lowest BCUT2D eigenvalue weighted by Gasteiger charge is -2.25. The Morgan fingerprint density at radius 2 is 0.559 bits per heavy atom. The fourth-order valence-electron chi connectivity index (χ4n) is 6.40. The van der Waals surface area contributed by atoms with Crippen molar-refractivity contribution in [3.05, 3.63) is 72.3 Å². The number of aryl methyl sites for hydroxylation is 5. The summed E-state index contributed by atoms with van der Waals surface area (Å²) in [5.41, 5.74) is 24.0. The van der Waals surface area contributed by atoms with E-state index in [2.05, 4.69) is 102 Å². The maximum atomic E-state index is 2.50. The standard InChI is InChI=1S/C33H42N/c1-15-16(2)22(8)28(23(9)17(15)3)31-29-24(10)18(4)20(6)26(12)32(29)34(14)33-27(13)21(7)19(5)25(11)30(31)33/h1-14H3/q+1. The quantitative estimate of drug-likeness (QED) is 0.201. The maximum Gasteiger partial charge on any atom is 0.216 e. The number of aromatic nitrogens is 1. The van der Waals surface area contributed by atoms with Crippen LogP contribution in [0.25, 0.3) is 32.9 Å². The summed E-state index contributed by atoms with van der Waals surface area (Å²) in [5.74, 6) is 0. The second kappa shape index (κ2) is 7.94. The molecule has 1 aromatic heterocycles. The third-order valence-electron chi connectivity index (χ3n) is 9.73. The molecule has 0 spiro atoms. The van der Waals surface area contributed by atoms with Gasteiger partial charge in [0.05, 0.1) is 10.8 Å². The van der Waals surface area contributed by atoms with Crippen LogP contribution in [0.3, 0.4) is 0 Å². The molecule has 0 fully saturated rings. The van der Waals surface area contributed by atoms with Crippen LogP contribution in [-0.4, -0.2) is 0 Å². The van der Waals surface area contributed by atoms with Gasteiger partial charge in [0.2, 0.25) is 11.0 Å². The van der Waals surface area contributed by atoms with Crippen LogP contribution in [0.2, 0.25) is 0 Å². The molecule has 0 unspecified atom stereocenters. The summed E-state index contributed by atoms with van der Waals surface area (Å²) in [6, 6.07) is 0. The van der Waals surface area contributed by atoms with Gasteiger partial charge in [0.25, 0.3) is 0 Å². The molecule has 0 N–H and O–H groups in total. The van der Waals surface area contributed by atoms with E-state index in [-0.39, 0.29) is 0 Å². The average Bonchev–Trinajstić information content (AvgIpc) is 2.81. The van der Waals surface area contributed by atoms with Crippen molar-refractivity contribution in [2.75, 3.05) is 0 Å². The Morgan fingerprint density at radius 1 is 0.294 bits per heavy atom. The Labute approximate surface area is 206 Å². The molecule has 178 valence electrons. The normalized spacial score (nSPS) is 11.8. The Balaban J connectivity index is 2.55. The van der Waals surface area contributed by atoms with E-state index in [4.69, 9.17) is 0 Å². The third kappa shape index (κ3) is 2.95. The molecule has 3 aromatic carbocycles. The van der Waals surface area contributed by atoms with Crippen LogP contribution < -0.4 is 4.57 Å². The highest BCUT2D eigenvalue weighted by molar-refractivity contribution is 6.13. The van der Waals surface area contributed by atoms with Crippen molar-refractivity contribution in [3.63, 3.8) is 0 Å². The molecular formula is C33H42N+. The number of rotatable bonds is 1. The molecule has 1 nitrogen and oxygen atoms in total. The second-order valence-corrected chi connectivity index (χ2v) is 10.9. The third-order valence-corrected chi connectivity index (χ3v) is 9.73. The molecule has 0 saturated heterocycles. The van der Waals surface area contributed by atoms with Crippen LogP contribution in [0.15, 0.2) is 0 Å². The number of fused-ring (bicyclic) bond motifs is 2. The molecular weight excluding hydrogens is 410 g/mol. The van der Waals surface area contributed by atoms with Crippen LogP contribution in [0.5, 0.6) is 0 Å². The van der Waals surface area contributed by atoms with Gasteiger partial charge >= 0.3 is 0 Å². The molecule has 0 amide bonds.